The van der Waals surface area contributed by atoms with E-state index >= 15 is 0 Å². The molecule has 114 valence electrons. The van der Waals surface area contributed by atoms with Crippen LogP contribution in [0.3, 0.4) is 0 Å². The summed E-state index contributed by atoms with van der Waals surface area (Å²) in [6, 6.07) is 3.86. The lowest BCUT2D eigenvalue weighted by molar-refractivity contribution is -0.386. The molecule has 0 aromatic heterocycles. The van der Waals surface area contributed by atoms with Crippen LogP contribution < -0.4 is 10.5 Å². The van der Waals surface area contributed by atoms with E-state index in [4.69, 9.17) is 15.6 Å². The van der Waals surface area contributed by atoms with Gasteiger partial charge in [0.1, 0.15) is 0 Å². The summed E-state index contributed by atoms with van der Waals surface area (Å²) in [6.07, 6.45) is 2.95. The van der Waals surface area contributed by atoms with Crippen molar-refractivity contribution < 1.29 is 19.6 Å². The predicted molar refractivity (Wildman–Crippen MR) is 75.1 cm³/mol. The highest BCUT2D eigenvalue weighted by Gasteiger charge is 2.25. The Balaban J connectivity index is 2.15. The predicted octanol–water partition coefficient (Wildman–Crippen LogP) is 1.62. The molecule has 1 aliphatic rings. The fraction of sp³-hybridized carbons (Fsp3) is 0.500. The van der Waals surface area contributed by atoms with Crippen LogP contribution in [0.15, 0.2) is 18.2 Å². The molecule has 7 nitrogen and oxygen atoms in total. The molecular weight excluding hydrogens is 276 g/mol. The van der Waals surface area contributed by atoms with E-state index in [0.717, 1.165) is 25.7 Å². The third-order valence-corrected chi connectivity index (χ3v) is 3.79. The van der Waals surface area contributed by atoms with Gasteiger partial charge < -0.3 is 15.6 Å². The lowest BCUT2D eigenvalue weighted by atomic mass is 9.88. The molecule has 0 saturated heterocycles. The molecule has 7 heteroatoms. The Morgan fingerprint density at radius 3 is 2.57 bits per heavy atom. The number of nitrogens with zero attached hydrogens (tertiary/aromatic N) is 1. The lowest BCUT2D eigenvalue weighted by Crippen LogP contribution is -2.26. The fourth-order valence-corrected chi connectivity index (χ4v) is 2.52. The fourth-order valence-electron chi connectivity index (χ4n) is 2.52. The molecule has 0 unspecified atom stereocenters. The third-order valence-electron chi connectivity index (χ3n) is 3.79. The summed E-state index contributed by atoms with van der Waals surface area (Å²) in [5, 5.41) is 20.1. The minimum Gasteiger partial charge on any atom is -0.483 e. The summed E-state index contributed by atoms with van der Waals surface area (Å²) >= 11 is 0. The molecule has 1 saturated carbocycles. The molecule has 1 amide bonds. The van der Waals surface area contributed by atoms with E-state index in [9.17, 15) is 14.9 Å². The molecule has 1 fully saturated rings. The van der Waals surface area contributed by atoms with E-state index in [1.165, 1.54) is 18.2 Å². The van der Waals surface area contributed by atoms with E-state index in [1.807, 2.05) is 0 Å². The van der Waals surface area contributed by atoms with Gasteiger partial charge in [-0.3, -0.25) is 14.9 Å². The van der Waals surface area contributed by atoms with E-state index < -0.39 is 10.8 Å². The number of nitro benzene ring substituents is 1. The number of benzene rings is 1. The smallest absolute Gasteiger partial charge is 0.310 e. The number of nitrogens with two attached hydrogens (primary N) is 1. The van der Waals surface area contributed by atoms with E-state index in [2.05, 4.69) is 0 Å². The molecule has 1 aromatic carbocycles. The minimum atomic E-state index is -0.654. The van der Waals surface area contributed by atoms with Crippen molar-refractivity contribution in [2.45, 2.75) is 31.8 Å². The molecule has 0 radical (unpaired) electrons. The Kier molecular flexibility index (Phi) is 4.74. The van der Waals surface area contributed by atoms with Crippen molar-refractivity contribution in [3.05, 3.63) is 33.9 Å². The molecule has 1 aliphatic carbocycles. The average molecular weight is 294 g/mol. The highest BCUT2D eigenvalue weighted by molar-refractivity contribution is 5.93. The highest BCUT2D eigenvalue weighted by Crippen LogP contribution is 2.33. The number of hydrogen-bond donors (Lipinski definition) is 2. The number of carbonyl (C=O) groups excluding carboxylic acids is 1. The minimum absolute atomic E-state index is 0.0729. The Morgan fingerprint density at radius 1 is 1.38 bits per heavy atom. The molecule has 0 heterocycles. The highest BCUT2D eigenvalue weighted by atomic mass is 16.6. The number of carbonyl (C=O) groups is 1. The maximum absolute atomic E-state index is 11.2. The van der Waals surface area contributed by atoms with Crippen molar-refractivity contribution in [2.24, 2.45) is 11.7 Å². The largest absolute Gasteiger partial charge is 0.483 e. The third kappa shape index (κ3) is 3.69. The van der Waals surface area contributed by atoms with Crippen molar-refractivity contribution in [3.63, 3.8) is 0 Å². The van der Waals surface area contributed by atoms with Crippen LogP contribution in [-0.4, -0.2) is 28.6 Å². The van der Waals surface area contributed by atoms with Gasteiger partial charge in [0.25, 0.3) is 0 Å². The molecule has 0 spiro atoms. The number of aliphatic hydroxyl groups is 1. The molecule has 2 rings (SSSR count). The average Bonchev–Trinajstić information content (AvgIpc) is 2.47. The molecule has 0 aliphatic heterocycles. The van der Waals surface area contributed by atoms with Gasteiger partial charge in [0, 0.05) is 24.3 Å². The van der Waals surface area contributed by atoms with E-state index in [1.54, 1.807) is 0 Å². The quantitative estimate of drug-likeness (QED) is 0.632. The zero-order chi connectivity index (χ0) is 15.4. The van der Waals surface area contributed by atoms with Crippen molar-refractivity contribution >= 4 is 11.6 Å². The number of nitro groups is 1. The second-order valence-corrected chi connectivity index (χ2v) is 5.25. The molecule has 1 aromatic rings. The zero-order valence-electron chi connectivity index (χ0n) is 11.5. The Morgan fingerprint density at radius 2 is 2.05 bits per heavy atom. The van der Waals surface area contributed by atoms with Gasteiger partial charge in [0.2, 0.25) is 5.91 Å². The summed E-state index contributed by atoms with van der Waals surface area (Å²) in [6.45, 7) is 0.157. The van der Waals surface area contributed by atoms with Gasteiger partial charge >= 0.3 is 5.69 Å². The van der Waals surface area contributed by atoms with Crippen LogP contribution in [-0.2, 0) is 0 Å². The molecule has 21 heavy (non-hydrogen) atoms. The van der Waals surface area contributed by atoms with Crippen LogP contribution in [0.4, 0.5) is 5.69 Å². The van der Waals surface area contributed by atoms with Gasteiger partial charge in [-0.15, -0.1) is 0 Å². The lowest BCUT2D eigenvalue weighted by Gasteiger charge is -2.27. The van der Waals surface area contributed by atoms with Gasteiger partial charge in [0.05, 0.1) is 11.0 Å². The molecule has 0 atom stereocenters. The number of rotatable bonds is 5. The number of ether oxygens (including phenoxy) is 1. The second kappa shape index (κ2) is 6.53. The first-order valence-corrected chi connectivity index (χ1v) is 6.87. The number of primary amides is 1. The first kappa shape index (κ1) is 15.2. The van der Waals surface area contributed by atoms with Crippen LogP contribution >= 0.6 is 0 Å². The van der Waals surface area contributed by atoms with Crippen molar-refractivity contribution in [3.8, 4) is 5.75 Å². The Labute approximate surface area is 121 Å². The monoisotopic (exact) mass is 294 g/mol. The van der Waals surface area contributed by atoms with Crippen LogP contribution in [0.25, 0.3) is 0 Å². The number of amides is 1. The first-order chi connectivity index (χ1) is 10.0. The Bertz CT molecular complexity index is 538. The van der Waals surface area contributed by atoms with Crippen LogP contribution in [0, 0.1) is 16.0 Å². The normalized spacial score (nSPS) is 21.8. The summed E-state index contributed by atoms with van der Waals surface area (Å²) in [5.74, 6) is -0.306. The van der Waals surface area contributed by atoms with Gasteiger partial charge in [-0.2, -0.15) is 0 Å². The molecule has 0 bridgehead atoms. The van der Waals surface area contributed by atoms with Crippen LogP contribution in [0.5, 0.6) is 5.75 Å². The van der Waals surface area contributed by atoms with Crippen molar-refractivity contribution in [2.75, 3.05) is 6.61 Å². The summed E-state index contributed by atoms with van der Waals surface area (Å²) in [5.41, 5.74) is 5.19. The van der Waals surface area contributed by atoms with E-state index in [-0.39, 0.29) is 35.6 Å². The second-order valence-electron chi connectivity index (χ2n) is 5.25. The van der Waals surface area contributed by atoms with Gasteiger partial charge in [0.15, 0.2) is 5.75 Å². The van der Waals surface area contributed by atoms with Crippen LogP contribution in [0.1, 0.15) is 36.0 Å². The number of hydrogen-bond acceptors (Lipinski definition) is 5. The zero-order valence-corrected chi connectivity index (χ0v) is 11.5. The standard InChI is InChI=1S/C14H18N2O5/c15-14(18)10-3-6-12(16(19)20)13(7-10)21-11-4-1-9(8-17)2-5-11/h3,6-7,9,11,17H,1-2,4-5,8H2,(H2,15,18). The summed E-state index contributed by atoms with van der Waals surface area (Å²) < 4.78 is 5.70. The van der Waals surface area contributed by atoms with Crippen molar-refractivity contribution in [1.82, 2.24) is 0 Å². The van der Waals surface area contributed by atoms with Gasteiger partial charge in [-0.1, -0.05) is 0 Å². The maximum Gasteiger partial charge on any atom is 0.310 e. The summed E-state index contributed by atoms with van der Waals surface area (Å²) in [4.78, 5) is 21.7. The van der Waals surface area contributed by atoms with Crippen molar-refractivity contribution in [1.29, 1.82) is 0 Å². The number of aliphatic hydroxyl groups excluding tert-OH is 1. The maximum atomic E-state index is 11.2. The SMILES string of the molecule is NC(=O)c1ccc([N+](=O)[O-])c(OC2CCC(CO)CC2)c1. The first-order valence-electron chi connectivity index (χ1n) is 6.87. The molecular formula is C14H18N2O5. The molecule has 3 N–H and O–H groups in total. The summed E-state index contributed by atoms with van der Waals surface area (Å²) in [7, 11) is 0. The topological polar surface area (TPSA) is 116 Å². The van der Waals surface area contributed by atoms with E-state index in [0.29, 0.717) is 0 Å². The van der Waals surface area contributed by atoms with Crippen LogP contribution in [0.2, 0.25) is 0 Å². The Hall–Kier alpha value is -2.15. The van der Waals surface area contributed by atoms with Gasteiger partial charge in [-0.25, -0.2) is 0 Å². The van der Waals surface area contributed by atoms with Gasteiger partial charge in [-0.05, 0) is 37.7 Å².